The van der Waals surface area contributed by atoms with E-state index in [4.69, 9.17) is 9.47 Å². The largest absolute Gasteiger partial charge is 0.444 e. The maximum Gasteiger partial charge on any atom is 0.407 e. The van der Waals surface area contributed by atoms with Crippen molar-refractivity contribution >= 4 is 6.09 Å². The molecule has 1 amide bonds. The molecule has 22 heavy (non-hydrogen) atoms. The Balaban J connectivity index is 1.89. The van der Waals surface area contributed by atoms with Crippen LogP contribution in [0, 0.1) is 0 Å². The molecular weight excluding hydrogens is 278 g/mol. The number of nitrogens with one attached hydrogen (secondary N) is 1. The quantitative estimate of drug-likeness (QED) is 0.860. The molecule has 4 heteroatoms. The zero-order valence-corrected chi connectivity index (χ0v) is 13.6. The van der Waals surface area contributed by atoms with Crippen molar-refractivity contribution in [2.75, 3.05) is 0 Å². The van der Waals surface area contributed by atoms with Crippen LogP contribution in [0.3, 0.4) is 0 Å². The summed E-state index contributed by atoms with van der Waals surface area (Å²) in [7, 11) is 0. The van der Waals surface area contributed by atoms with E-state index in [0.717, 1.165) is 24.0 Å². The van der Waals surface area contributed by atoms with Crippen molar-refractivity contribution in [2.24, 2.45) is 0 Å². The molecule has 0 spiro atoms. The lowest BCUT2D eigenvalue weighted by atomic mass is 10.2. The van der Waals surface area contributed by atoms with Gasteiger partial charge in [0.2, 0.25) is 0 Å². The standard InChI is InChI=1S/C18H25NO3/c1-13-10-15(19-17(20)22-18(2,3)4)16(11-13)21-12-14-8-6-5-7-9-14/h5-9,15-16H,1,10-12H2,2-4H3,(H,19,20). The normalized spacial score (nSPS) is 21.7. The molecule has 4 nitrogen and oxygen atoms in total. The van der Waals surface area contributed by atoms with Gasteiger partial charge in [-0.3, -0.25) is 0 Å². The number of amides is 1. The molecule has 120 valence electrons. The van der Waals surface area contributed by atoms with Crippen molar-refractivity contribution in [3.8, 4) is 0 Å². The number of alkyl carbamates (subject to hydrolysis) is 1. The molecule has 1 aromatic carbocycles. The highest BCUT2D eigenvalue weighted by molar-refractivity contribution is 5.68. The van der Waals surface area contributed by atoms with Crippen LogP contribution in [0.25, 0.3) is 0 Å². The molecule has 0 bridgehead atoms. The molecule has 0 radical (unpaired) electrons. The smallest absolute Gasteiger partial charge is 0.407 e. The first-order valence-electron chi connectivity index (χ1n) is 7.65. The van der Waals surface area contributed by atoms with Crippen molar-refractivity contribution in [1.29, 1.82) is 0 Å². The first-order chi connectivity index (χ1) is 10.3. The Hall–Kier alpha value is -1.81. The average Bonchev–Trinajstić information content (AvgIpc) is 2.75. The summed E-state index contributed by atoms with van der Waals surface area (Å²) in [4.78, 5) is 11.9. The highest BCUT2D eigenvalue weighted by atomic mass is 16.6. The van der Waals surface area contributed by atoms with Crippen LogP contribution in [0.4, 0.5) is 4.79 Å². The first kappa shape index (κ1) is 16.6. The summed E-state index contributed by atoms with van der Waals surface area (Å²) in [6.45, 7) is 10.1. The van der Waals surface area contributed by atoms with Gasteiger partial charge >= 0.3 is 6.09 Å². The molecule has 0 aromatic heterocycles. The van der Waals surface area contributed by atoms with Gasteiger partial charge in [0.25, 0.3) is 0 Å². The van der Waals surface area contributed by atoms with Crippen LogP contribution in [-0.4, -0.2) is 23.8 Å². The first-order valence-corrected chi connectivity index (χ1v) is 7.65. The number of ether oxygens (including phenoxy) is 2. The van der Waals surface area contributed by atoms with Crippen molar-refractivity contribution < 1.29 is 14.3 Å². The minimum Gasteiger partial charge on any atom is -0.444 e. The SMILES string of the molecule is C=C1CC(NC(=O)OC(C)(C)C)C(OCc2ccccc2)C1. The molecule has 2 atom stereocenters. The summed E-state index contributed by atoms with van der Waals surface area (Å²) in [6.07, 6.45) is 1.05. The Morgan fingerprint density at radius 2 is 1.95 bits per heavy atom. The minimum atomic E-state index is -0.500. The van der Waals surface area contributed by atoms with Crippen molar-refractivity contribution in [1.82, 2.24) is 5.32 Å². The van der Waals surface area contributed by atoms with Gasteiger partial charge in [0.05, 0.1) is 18.8 Å². The Morgan fingerprint density at radius 1 is 1.27 bits per heavy atom. The van der Waals surface area contributed by atoms with Gasteiger partial charge in [-0.05, 0) is 39.2 Å². The third-order valence-corrected chi connectivity index (χ3v) is 3.46. The summed E-state index contributed by atoms with van der Waals surface area (Å²) in [5, 5.41) is 2.91. The Bertz CT molecular complexity index is 519. The summed E-state index contributed by atoms with van der Waals surface area (Å²) in [6, 6.07) is 9.94. The van der Waals surface area contributed by atoms with E-state index in [1.54, 1.807) is 0 Å². The molecule has 1 aliphatic carbocycles. The predicted molar refractivity (Wildman–Crippen MR) is 86.6 cm³/mol. The van der Waals surface area contributed by atoms with Crippen LogP contribution in [0.1, 0.15) is 39.2 Å². The van der Waals surface area contributed by atoms with Crippen LogP contribution in [0.15, 0.2) is 42.5 Å². The molecule has 0 heterocycles. The monoisotopic (exact) mass is 303 g/mol. The van der Waals surface area contributed by atoms with Gasteiger partial charge in [0.1, 0.15) is 5.60 Å². The minimum absolute atomic E-state index is 0.0553. The van der Waals surface area contributed by atoms with E-state index in [9.17, 15) is 4.79 Å². The van der Waals surface area contributed by atoms with Crippen molar-refractivity contribution in [2.45, 2.75) is 58.0 Å². The average molecular weight is 303 g/mol. The molecule has 2 rings (SSSR count). The highest BCUT2D eigenvalue weighted by Gasteiger charge is 2.32. The number of benzene rings is 1. The van der Waals surface area contributed by atoms with E-state index in [2.05, 4.69) is 11.9 Å². The van der Waals surface area contributed by atoms with Gasteiger partial charge < -0.3 is 14.8 Å². The fraction of sp³-hybridized carbons (Fsp3) is 0.500. The number of hydrogen-bond donors (Lipinski definition) is 1. The molecule has 0 aliphatic heterocycles. The van der Waals surface area contributed by atoms with E-state index in [1.807, 2.05) is 51.1 Å². The second-order valence-electron chi connectivity index (χ2n) is 6.75. The number of hydrogen-bond acceptors (Lipinski definition) is 3. The van der Waals surface area contributed by atoms with E-state index >= 15 is 0 Å². The second-order valence-corrected chi connectivity index (χ2v) is 6.75. The van der Waals surface area contributed by atoms with E-state index in [-0.39, 0.29) is 12.1 Å². The number of carbonyl (C=O) groups excluding carboxylic acids is 1. The fourth-order valence-electron chi connectivity index (χ4n) is 2.51. The topological polar surface area (TPSA) is 47.6 Å². The fourth-order valence-corrected chi connectivity index (χ4v) is 2.51. The van der Waals surface area contributed by atoms with Crippen LogP contribution >= 0.6 is 0 Å². The summed E-state index contributed by atoms with van der Waals surface area (Å²) >= 11 is 0. The van der Waals surface area contributed by atoms with Gasteiger partial charge in [-0.1, -0.05) is 42.5 Å². The van der Waals surface area contributed by atoms with Gasteiger partial charge in [-0.15, -0.1) is 0 Å². The molecule has 1 aliphatic rings. The Labute approximate surface area is 132 Å². The van der Waals surface area contributed by atoms with E-state index in [0.29, 0.717) is 6.61 Å². The zero-order chi connectivity index (χ0) is 16.2. The van der Waals surface area contributed by atoms with Crippen LogP contribution in [-0.2, 0) is 16.1 Å². The zero-order valence-electron chi connectivity index (χ0n) is 13.6. The Kier molecular flexibility index (Phi) is 5.24. The number of carbonyl (C=O) groups is 1. The summed E-state index contributed by atoms with van der Waals surface area (Å²) < 4.78 is 11.3. The molecule has 1 saturated carbocycles. The third kappa shape index (κ3) is 5.19. The van der Waals surface area contributed by atoms with Gasteiger partial charge in [0, 0.05) is 0 Å². The maximum absolute atomic E-state index is 11.9. The lowest BCUT2D eigenvalue weighted by Crippen LogP contribution is -2.43. The third-order valence-electron chi connectivity index (χ3n) is 3.46. The van der Waals surface area contributed by atoms with Crippen LogP contribution < -0.4 is 5.32 Å². The summed E-state index contributed by atoms with van der Waals surface area (Å²) in [5.41, 5.74) is 1.72. The molecule has 1 N–H and O–H groups in total. The van der Waals surface area contributed by atoms with Crippen molar-refractivity contribution in [3.05, 3.63) is 48.0 Å². The number of rotatable bonds is 4. The molecule has 1 fully saturated rings. The summed E-state index contributed by atoms with van der Waals surface area (Å²) in [5.74, 6) is 0. The van der Waals surface area contributed by atoms with Gasteiger partial charge in [0.15, 0.2) is 0 Å². The molecule has 0 saturated heterocycles. The highest BCUT2D eigenvalue weighted by Crippen LogP contribution is 2.27. The molecule has 2 unspecified atom stereocenters. The molecular formula is C18H25NO3. The predicted octanol–water partition coefficient (Wildman–Crippen LogP) is 3.82. The van der Waals surface area contributed by atoms with Gasteiger partial charge in [-0.2, -0.15) is 0 Å². The maximum atomic E-state index is 11.9. The van der Waals surface area contributed by atoms with Gasteiger partial charge in [-0.25, -0.2) is 4.79 Å². The lowest BCUT2D eigenvalue weighted by Gasteiger charge is -2.24. The van der Waals surface area contributed by atoms with Crippen molar-refractivity contribution in [3.63, 3.8) is 0 Å². The second kappa shape index (κ2) is 6.97. The van der Waals surface area contributed by atoms with Crippen LogP contribution in [0.2, 0.25) is 0 Å². The van der Waals surface area contributed by atoms with E-state index in [1.165, 1.54) is 0 Å². The Morgan fingerprint density at radius 3 is 2.59 bits per heavy atom. The molecule has 1 aromatic rings. The van der Waals surface area contributed by atoms with Crippen LogP contribution in [0.5, 0.6) is 0 Å². The lowest BCUT2D eigenvalue weighted by molar-refractivity contribution is 0.0172. The van der Waals surface area contributed by atoms with E-state index < -0.39 is 11.7 Å².